The van der Waals surface area contributed by atoms with Gasteiger partial charge in [-0.05, 0) is 30.5 Å². The van der Waals surface area contributed by atoms with Gasteiger partial charge in [-0.15, -0.1) is 0 Å². The average Bonchev–Trinajstić information content (AvgIpc) is 2.81. The number of aromatic hydroxyl groups is 1. The number of nitrogens with one attached hydrogen (secondary N) is 3. The van der Waals surface area contributed by atoms with Crippen molar-refractivity contribution in [3.05, 3.63) is 29.8 Å². The highest BCUT2D eigenvalue weighted by Crippen LogP contribution is 2.11. The highest BCUT2D eigenvalue weighted by Gasteiger charge is 2.32. The normalized spacial score (nSPS) is 13.7. The number of rotatable bonds is 16. The van der Waals surface area contributed by atoms with Crippen LogP contribution in [0.15, 0.2) is 24.3 Å². The molecule has 0 heterocycles. The molecular formula is C22H30N6O10. The third-order valence-electron chi connectivity index (χ3n) is 5.07. The Morgan fingerprint density at radius 1 is 0.737 bits per heavy atom. The number of aliphatic carboxylic acids is 2. The Morgan fingerprint density at radius 2 is 1.21 bits per heavy atom. The van der Waals surface area contributed by atoms with E-state index < -0.39 is 91.3 Å². The zero-order valence-corrected chi connectivity index (χ0v) is 20.1. The molecule has 0 spiro atoms. The second-order valence-electron chi connectivity index (χ2n) is 8.27. The number of hydrogen-bond acceptors (Lipinski definition) is 9. The maximum absolute atomic E-state index is 12.9. The van der Waals surface area contributed by atoms with Crippen LogP contribution in [0.1, 0.15) is 31.2 Å². The van der Waals surface area contributed by atoms with Crippen LogP contribution in [0.2, 0.25) is 0 Å². The van der Waals surface area contributed by atoms with Gasteiger partial charge in [0.25, 0.3) is 0 Å². The predicted molar refractivity (Wildman–Crippen MR) is 128 cm³/mol. The Labute approximate surface area is 215 Å². The summed E-state index contributed by atoms with van der Waals surface area (Å²) in [5.41, 5.74) is 16.5. The zero-order valence-electron chi connectivity index (χ0n) is 20.1. The van der Waals surface area contributed by atoms with Crippen molar-refractivity contribution in [3.63, 3.8) is 0 Å². The summed E-state index contributed by atoms with van der Waals surface area (Å²) >= 11 is 0. The minimum absolute atomic E-state index is 0.00251. The van der Waals surface area contributed by atoms with Crippen molar-refractivity contribution in [2.45, 2.75) is 56.3 Å². The average molecular weight is 539 g/mol. The molecule has 0 fully saturated rings. The van der Waals surface area contributed by atoms with Crippen LogP contribution in [-0.2, 0) is 40.0 Å². The Balaban J connectivity index is 3.02. The van der Waals surface area contributed by atoms with Gasteiger partial charge in [0, 0.05) is 6.42 Å². The first kappa shape index (κ1) is 31.3. The van der Waals surface area contributed by atoms with Crippen LogP contribution in [0, 0.1) is 0 Å². The number of benzene rings is 1. The van der Waals surface area contributed by atoms with E-state index >= 15 is 0 Å². The van der Waals surface area contributed by atoms with Gasteiger partial charge in [-0.25, -0.2) is 4.79 Å². The lowest BCUT2D eigenvalue weighted by Crippen LogP contribution is -2.58. The molecule has 0 aliphatic carbocycles. The van der Waals surface area contributed by atoms with Crippen molar-refractivity contribution >= 4 is 41.5 Å². The number of carboxylic acid groups (broad SMARTS) is 2. The van der Waals surface area contributed by atoms with Gasteiger partial charge in [-0.1, -0.05) is 12.1 Å². The number of carbonyl (C=O) groups is 7. The number of carboxylic acids is 2. The summed E-state index contributed by atoms with van der Waals surface area (Å²) < 4.78 is 0. The molecule has 4 atom stereocenters. The predicted octanol–water partition coefficient (Wildman–Crippen LogP) is -3.58. The lowest BCUT2D eigenvalue weighted by Gasteiger charge is -2.24. The van der Waals surface area contributed by atoms with Crippen molar-refractivity contribution in [2.24, 2.45) is 17.2 Å². The number of hydrogen-bond donors (Lipinski definition) is 9. The molecule has 12 N–H and O–H groups in total. The number of carbonyl (C=O) groups excluding carboxylic acids is 5. The summed E-state index contributed by atoms with van der Waals surface area (Å²) in [6.07, 6.45) is -2.57. The third kappa shape index (κ3) is 11.3. The molecular weight excluding hydrogens is 508 g/mol. The molecule has 1 aromatic rings. The molecule has 0 bridgehead atoms. The molecule has 1 aromatic carbocycles. The van der Waals surface area contributed by atoms with Gasteiger partial charge >= 0.3 is 11.9 Å². The van der Waals surface area contributed by atoms with Crippen LogP contribution in [0.5, 0.6) is 5.75 Å². The molecule has 4 unspecified atom stereocenters. The molecule has 0 aliphatic heterocycles. The summed E-state index contributed by atoms with van der Waals surface area (Å²) in [5.74, 6) is -8.15. The monoisotopic (exact) mass is 538 g/mol. The minimum Gasteiger partial charge on any atom is -0.508 e. The first-order chi connectivity index (χ1) is 17.7. The number of phenols is 1. The highest BCUT2D eigenvalue weighted by atomic mass is 16.4. The third-order valence-corrected chi connectivity index (χ3v) is 5.07. The molecule has 5 amide bonds. The van der Waals surface area contributed by atoms with Gasteiger partial charge in [-0.2, -0.15) is 0 Å². The topological polar surface area (TPSA) is 294 Å². The second kappa shape index (κ2) is 14.7. The van der Waals surface area contributed by atoms with Crippen LogP contribution < -0.4 is 33.2 Å². The smallest absolute Gasteiger partial charge is 0.326 e. The van der Waals surface area contributed by atoms with Gasteiger partial charge in [0.2, 0.25) is 29.5 Å². The number of phenolic OH excluding ortho intramolecular Hbond substituents is 1. The highest BCUT2D eigenvalue weighted by molar-refractivity contribution is 5.96. The first-order valence-electron chi connectivity index (χ1n) is 11.1. The van der Waals surface area contributed by atoms with E-state index in [-0.39, 0.29) is 12.2 Å². The van der Waals surface area contributed by atoms with Crippen molar-refractivity contribution in [1.29, 1.82) is 0 Å². The number of nitrogens with two attached hydrogens (primary N) is 3. The van der Waals surface area contributed by atoms with Gasteiger partial charge in [0.1, 0.15) is 23.9 Å². The Kier molecular flexibility index (Phi) is 12.1. The maximum Gasteiger partial charge on any atom is 0.326 e. The largest absolute Gasteiger partial charge is 0.508 e. The standard InChI is InChI=1S/C22H30N6O10/c23-12(7-10-1-3-11(29)4-2-10)19(34)26-13(5-6-18(32)33)20(35)27-14(8-16(24)30)21(36)28-15(22(37)38)9-17(25)31/h1-4,12-15,29H,5-9,23H2,(H2,24,30)(H2,25,31)(H,26,34)(H,27,35)(H,28,36)(H,32,33)(H,37,38). The van der Waals surface area contributed by atoms with Gasteiger partial charge in [-0.3, -0.25) is 28.8 Å². The van der Waals surface area contributed by atoms with Crippen LogP contribution in [0.4, 0.5) is 0 Å². The lowest BCUT2D eigenvalue weighted by molar-refractivity contribution is -0.144. The molecule has 0 radical (unpaired) electrons. The summed E-state index contributed by atoms with van der Waals surface area (Å²) in [4.78, 5) is 83.0. The molecule has 38 heavy (non-hydrogen) atoms. The lowest BCUT2D eigenvalue weighted by atomic mass is 10.0. The number of amides is 5. The van der Waals surface area contributed by atoms with E-state index in [9.17, 15) is 38.7 Å². The minimum atomic E-state index is -1.77. The van der Waals surface area contributed by atoms with E-state index in [1.807, 2.05) is 5.32 Å². The summed E-state index contributed by atoms with van der Waals surface area (Å²) in [5, 5.41) is 33.9. The van der Waals surface area contributed by atoms with Crippen molar-refractivity contribution in [3.8, 4) is 5.75 Å². The fraction of sp³-hybridized carbons (Fsp3) is 0.409. The van der Waals surface area contributed by atoms with E-state index in [2.05, 4.69) is 10.6 Å². The Bertz CT molecular complexity index is 1060. The fourth-order valence-corrected chi connectivity index (χ4v) is 3.15. The maximum atomic E-state index is 12.9. The van der Waals surface area contributed by atoms with Crippen molar-refractivity contribution in [2.75, 3.05) is 0 Å². The van der Waals surface area contributed by atoms with Crippen LogP contribution in [0.25, 0.3) is 0 Å². The van der Waals surface area contributed by atoms with E-state index in [4.69, 9.17) is 27.4 Å². The SMILES string of the molecule is NC(=O)CC(NC(=O)C(CC(N)=O)NC(=O)C(CCC(=O)O)NC(=O)C(N)Cc1ccc(O)cc1)C(=O)O. The van der Waals surface area contributed by atoms with E-state index in [0.717, 1.165) is 0 Å². The Morgan fingerprint density at radius 3 is 1.71 bits per heavy atom. The van der Waals surface area contributed by atoms with Gasteiger partial charge < -0.3 is 48.5 Å². The molecule has 0 aliphatic rings. The summed E-state index contributed by atoms with van der Waals surface area (Å²) in [6, 6.07) is -0.406. The van der Waals surface area contributed by atoms with E-state index in [0.29, 0.717) is 5.56 Å². The van der Waals surface area contributed by atoms with Crippen LogP contribution >= 0.6 is 0 Å². The van der Waals surface area contributed by atoms with Gasteiger partial charge in [0.05, 0.1) is 18.9 Å². The molecule has 208 valence electrons. The zero-order chi connectivity index (χ0) is 29.0. The number of primary amides is 2. The molecule has 0 saturated carbocycles. The van der Waals surface area contributed by atoms with E-state index in [1.54, 1.807) is 0 Å². The summed E-state index contributed by atoms with van der Waals surface area (Å²) in [6.45, 7) is 0. The van der Waals surface area contributed by atoms with Crippen molar-refractivity contribution < 1.29 is 48.9 Å². The molecule has 16 nitrogen and oxygen atoms in total. The molecule has 1 rings (SSSR count). The Hall–Kier alpha value is -4.73. The summed E-state index contributed by atoms with van der Waals surface area (Å²) in [7, 11) is 0. The van der Waals surface area contributed by atoms with E-state index in [1.165, 1.54) is 24.3 Å². The fourth-order valence-electron chi connectivity index (χ4n) is 3.15. The van der Waals surface area contributed by atoms with Crippen LogP contribution in [-0.4, -0.2) is 81.0 Å². The van der Waals surface area contributed by atoms with Gasteiger partial charge in [0.15, 0.2) is 0 Å². The van der Waals surface area contributed by atoms with Crippen molar-refractivity contribution in [1.82, 2.24) is 16.0 Å². The molecule has 16 heteroatoms. The van der Waals surface area contributed by atoms with Crippen LogP contribution in [0.3, 0.4) is 0 Å². The second-order valence-corrected chi connectivity index (χ2v) is 8.27. The quantitative estimate of drug-likeness (QED) is 0.0990. The molecule has 0 saturated heterocycles. The molecule has 0 aromatic heterocycles. The first-order valence-corrected chi connectivity index (χ1v) is 11.1.